The molecule has 2 aliphatic rings. The molecule has 1 saturated heterocycles. The van der Waals surface area contributed by atoms with Crippen molar-refractivity contribution in [2.45, 2.75) is 18.9 Å². The summed E-state index contributed by atoms with van der Waals surface area (Å²) in [6.45, 7) is 3.81. The summed E-state index contributed by atoms with van der Waals surface area (Å²) in [6, 6.07) is 3.85. The van der Waals surface area contributed by atoms with Crippen molar-refractivity contribution in [3.8, 4) is 0 Å². The van der Waals surface area contributed by atoms with E-state index in [1.165, 1.54) is 0 Å². The fourth-order valence-corrected chi connectivity index (χ4v) is 3.67. The Morgan fingerprint density at radius 1 is 0.857 bits per heavy atom. The van der Waals surface area contributed by atoms with Gasteiger partial charge in [0.2, 0.25) is 11.8 Å². The first-order valence-electron chi connectivity index (χ1n) is 11.5. The summed E-state index contributed by atoms with van der Waals surface area (Å²) in [7, 11) is 0. The van der Waals surface area contributed by atoms with E-state index in [4.69, 9.17) is 24.1 Å². The first-order chi connectivity index (χ1) is 17.0. The van der Waals surface area contributed by atoms with Crippen LogP contribution >= 0.6 is 0 Å². The van der Waals surface area contributed by atoms with Gasteiger partial charge in [0, 0.05) is 18.7 Å². The van der Waals surface area contributed by atoms with Gasteiger partial charge in [-0.2, -0.15) is 0 Å². The van der Waals surface area contributed by atoms with Crippen LogP contribution in [0.5, 0.6) is 0 Å². The normalized spacial score (nSPS) is 17.6. The van der Waals surface area contributed by atoms with Crippen molar-refractivity contribution in [1.29, 1.82) is 0 Å². The van der Waals surface area contributed by atoms with Crippen molar-refractivity contribution >= 4 is 29.3 Å². The second-order valence-corrected chi connectivity index (χ2v) is 7.81. The minimum absolute atomic E-state index is 0.00213. The number of carbonyl (C=O) groups excluding carboxylic acids is 4. The number of nitrogens with one attached hydrogen (secondary N) is 2. The molecule has 0 aromatic heterocycles. The maximum absolute atomic E-state index is 12.8. The SMILES string of the molecule is O=C1CCC(N2C(=O)c3ccc(NCCOCCOCCOCCOCCO)cc3C2=O)C(=O)N1. The molecule has 2 aliphatic heterocycles. The molecule has 0 spiro atoms. The van der Waals surface area contributed by atoms with Gasteiger partial charge in [0.1, 0.15) is 6.04 Å². The van der Waals surface area contributed by atoms with Crippen LogP contribution in [0.2, 0.25) is 0 Å². The van der Waals surface area contributed by atoms with Gasteiger partial charge in [0.05, 0.1) is 70.6 Å². The van der Waals surface area contributed by atoms with E-state index in [2.05, 4.69) is 10.6 Å². The number of nitrogens with zero attached hydrogens (tertiary/aromatic N) is 1. The third-order valence-electron chi connectivity index (χ3n) is 5.37. The zero-order valence-electron chi connectivity index (χ0n) is 19.5. The third kappa shape index (κ3) is 7.54. The molecular weight excluding hydrogens is 462 g/mol. The summed E-state index contributed by atoms with van der Waals surface area (Å²) in [5.41, 5.74) is 1.11. The number of aliphatic hydroxyl groups is 1. The van der Waals surface area contributed by atoms with Gasteiger partial charge in [-0.25, -0.2) is 0 Å². The summed E-state index contributed by atoms with van der Waals surface area (Å²) in [5, 5.41) is 13.9. The molecule has 0 saturated carbocycles. The van der Waals surface area contributed by atoms with Crippen LogP contribution in [0.15, 0.2) is 18.2 Å². The van der Waals surface area contributed by atoms with Gasteiger partial charge in [0.15, 0.2) is 0 Å². The van der Waals surface area contributed by atoms with Gasteiger partial charge in [0.25, 0.3) is 11.8 Å². The zero-order chi connectivity index (χ0) is 25.0. The number of hydrogen-bond acceptors (Lipinski definition) is 10. The molecule has 0 bridgehead atoms. The molecule has 2 heterocycles. The van der Waals surface area contributed by atoms with Crippen molar-refractivity contribution in [2.24, 2.45) is 0 Å². The number of carbonyl (C=O) groups is 4. The van der Waals surface area contributed by atoms with Crippen LogP contribution in [0.1, 0.15) is 33.6 Å². The van der Waals surface area contributed by atoms with Crippen LogP contribution in [-0.4, -0.2) is 106 Å². The molecule has 3 rings (SSSR count). The molecule has 192 valence electrons. The highest BCUT2D eigenvalue weighted by Crippen LogP contribution is 2.29. The second kappa shape index (κ2) is 13.9. The summed E-state index contributed by atoms with van der Waals surface area (Å²) < 4.78 is 21.3. The highest BCUT2D eigenvalue weighted by Gasteiger charge is 2.44. The molecule has 12 nitrogen and oxygen atoms in total. The lowest BCUT2D eigenvalue weighted by atomic mass is 10.0. The maximum atomic E-state index is 12.8. The van der Waals surface area contributed by atoms with E-state index in [0.29, 0.717) is 65.1 Å². The Hall–Kier alpha value is -2.90. The predicted molar refractivity (Wildman–Crippen MR) is 122 cm³/mol. The Balaban J connectivity index is 1.31. The van der Waals surface area contributed by atoms with E-state index in [1.807, 2.05) is 0 Å². The van der Waals surface area contributed by atoms with Crippen molar-refractivity contribution in [3.05, 3.63) is 29.3 Å². The zero-order valence-corrected chi connectivity index (χ0v) is 19.5. The van der Waals surface area contributed by atoms with Gasteiger partial charge >= 0.3 is 0 Å². The second-order valence-electron chi connectivity index (χ2n) is 7.81. The van der Waals surface area contributed by atoms with E-state index >= 15 is 0 Å². The number of fused-ring (bicyclic) bond motifs is 1. The molecule has 1 aromatic carbocycles. The summed E-state index contributed by atoms with van der Waals surface area (Å²) in [5.74, 6) is -2.12. The molecule has 1 aromatic rings. The molecule has 1 atom stereocenters. The summed E-state index contributed by atoms with van der Waals surface area (Å²) in [4.78, 5) is 50.0. The summed E-state index contributed by atoms with van der Waals surface area (Å²) >= 11 is 0. The van der Waals surface area contributed by atoms with Crippen molar-refractivity contribution < 1.29 is 43.2 Å². The number of ether oxygens (including phenoxy) is 4. The van der Waals surface area contributed by atoms with E-state index in [0.717, 1.165) is 4.90 Å². The number of aliphatic hydroxyl groups excluding tert-OH is 1. The van der Waals surface area contributed by atoms with E-state index in [1.54, 1.807) is 18.2 Å². The summed E-state index contributed by atoms with van der Waals surface area (Å²) in [6.07, 6.45) is 0.201. The number of hydrogen-bond donors (Lipinski definition) is 3. The Bertz CT molecular complexity index is 908. The number of anilines is 1. The number of rotatable bonds is 16. The van der Waals surface area contributed by atoms with E-state index in [9.17, 15) is 19.2 Å². The Morgan fingerprint density at radius 2 is 1.46 bits per heavy atom. The molecule has 4 amide bonds. The lowest BCUT2D eigenvalue weighted by Crippen LogP contribution is -2.54. The van der Waals surface area contributed by atoms with Crippen LogP contribution in [0.25, 0.3) is 0 Å². The smallest absolute Gasteiger partial charge is 0.262 e. The minimum Gasteiger partial charge on any atom is -0.394 e. The highest BCUT2D eigenvalue weighted by atomic mass is 16.6. The lowest BCUT2D eigenvalue weighted by Gasteiger charge is -2.27. The topological polar surface area (TPSA) is 153 Å². The van der Waals surface area contributed by atoms with Gasteiger partial charge in [-0.1, -0.05) is 0 Å². The average molecular weight is 494 g/mol. The van der Waals surface area contributed by atoms with Gasteiger partial charge in [-0.15, -0.1) is 0 Å². The molecule has 35 heavy (non-hydrogen) atoms. The highest BCUT2D eigenvalue weighted by molar-refractivity contribution is 6.23. The molecule has 1 unspecified atom stereocenters. The lowest BCUT2D eigenvalue weighted by molar-refractivity contribution is -0.136. The van der Waals surface area contributed by atoms with Gasteiger partial charge in [-0.05, 0) is 24.6 Å². The standard InChI is InChI=1S/C23H31N3O9/c27-6-8-33-10-12-35-14-13-34-11-9-32-7-5-24-16-1-2-17-18(15-16)23(31)26(22(17)30)19-3-4-20(28)25-21(19)29/h1-2,15,19,24,27H,3-14H2,(H,25,28,29). The third-order valence-corrected chi connectivity index (χ3v) is 5.37. The largest absolute Gasteiger partial charge is 0.394 e. The van der Waals surface area contributed by atoms with Crippen molar-refractivity contribution in [2.75, 3.05) is 71.3 Å². The van der Waals surface area contributed by atoms with Crippen LogP contribution in [-0.2, 0) is 28.5 Å². The minimum atomic E-state index is -0.982. The van der Waals surface area contributed by atoms with Crippen molar-refractivity contribution in [3.63, 3.8) is 0 Å². The molecule has 3 N–H and O–H groups in total. The molecular formula is C23H31N3O9. The maximum Gasteiger partial charge on any atom is 0.262 e. The van der Waals surface area contributed by atoms with Crippen LogP contribution in [0.3, 0.4) is 0 Å². The molecule has 1 fully saturated rings. The van der Waals surface area contributed by atoms with Gasteiger partial charge < -0.3 is 29.4 Å². The molecule has 0 radical (unpaired) electrons. The Labute approximate surface area is 202 Å². The van der Waals surface area contributed by atoms with Crippen molar-refractivity contribution in [1.82, 2.24) is 10.2 Å². The average Bonchev–Trinajstić information content (AvgIpc) is 3.09. The van der Waals surface area contributed by atoms with Crippen LogP contribution in [0.4, 0.5) is 5.69 Å². The number of piperidine rings is 1. The quantitative estimate of drug-likeness (QED) is 0.204. The number of benzene rings is 1. The first-order valence-corrected chi connectivity index (χ1v) is 11.5. The van der Waals surface area contributed by atoms with Gasteiger partial charge in [-0.3, -0.25) is 29.4 Å². The molecule has 0 aliphatic carbocycles. The van der Waals surface area contributed by atoms with E-state index in [-0.39, 0.29) is 30.6 Å². The van der Waals surface area contributed by atoms with E-state index < -0.39 is 29.7 Å². The fourth-order valence-electron chi connectivity index (χ4n) is 3.67. The molecule has 12 heteroatoms. The Kier molecular flexibility index (Phi) is 10.6. The predicted octanol–water partition coefficient (Wildman–Crippen LogP) is -0.442. The number of imide groups is 2. The number of amides is 4. The van der Waals surface area contributed by atoms with Crippen LogP contribution < -0.4 is 10.6 Å². The monoisotopic (exact) mass is 493 g/mol. The fraction of sp³-hybridized carbons (Fsp3) is 0.565. The van der Waals surface area contributed by atoms with Crippen LogP contribution in [0, 0.1) is 0 Å². The first kappa shape index (κ1) is 26.7. The Morgan fingerprint density at radius 3 is 2.09 bits per heavy atom.